The lowest BCUT2D eigenvalue weighted by atomic mass is 9.57. The van der Waals surface area contributed by atoms with Gasteiger partial charge in [0.1, 0.15) is 0 Å². The zero-order valence-electron chi connectivity index (χ0n) is 23.3. The molecule has 0 radical (unpaired) electrons. The monoisotopic (exact) mass is 526 g/mol. The minimum atomic E-state index is -0.451. The van der Waals surface area contributed by atoms with Crippen LogP contribution in [0.1, 0.15) is 105 Å². The lowest BCUT2D eigenvalue weighted by Gasteiger charge is -2.52. The molecule has 0 bridgehead atoms. The van der Waals surface area contributed by atoms with Gasteiger partial charge in [0.05, 0.1) is 22.3 Å². The zero-order valence-corrected chi connectivity index (χ0v) is 23.3. The molecule has 4 amide bonds. The van der Waals surface area contributed by atoms with Crippen LogP contribution in [0.3, 0.4) is 0 Å². The van der Waals surface area contributed by atoms with Crippen molar-refractivity contribution in [1.29, 1.82) is 0 Å². The molecule has 2 fully saturated rings. The Morgan fingerprint density at radius 2 is 1.26 bits per heavy atom. The van der Waals surface area contributed by atoms with E-state index >= 15 is 0 Å². The SMILES string of the molecule is CC1C(C)C2C(CCC2(C)C)C(C)C1N1C(=O)c2ccc(C(=O)c3ccc4c(c3)C(=O)N(C)C4=O)cc2C1=O. The van der Waals surface area contributed by atoms with Gasteiger partial charge in [-0.1, -0.05) is 46.8 Å². The number of benzene rings is 2. The molecule has 2 saturated carbocycles. The Hall–Kier alpha value is -3.61. The fraction of sp³-hybridized carbons (Fsp3) is 0.469. The van der Waals surface area contributed by atoms with Gasteiger partial charge in [-0.2, -0.15) is 0 Å². The Kier molecular flexibility index (Phi) is 5.55. The van der Waals surface area contributed by atoms with E-state index in [-0.39, 0.29) is 68.7 Å². The van der Waals surface area contributed by atoms with Crippen molar-refractivity contribution in [2.45, 2.75) is 53.5 Å². The average molecular weight is 527 g/mol. The van der Waals surface area contributed by atoms with Gasteiger partial charge in [0.15, 0.2) is 5.78 Å². The Balaban J connectivity index is 1.31. The largest absolute Gasteiger partial charge is 0.289 e. The Morgan fingerprint density at radius 3 is 1.87 bits per heavy atom. The summed E-state index contributed by atoms with van der Waals surface area (Å²) in [6.45, 7) is 11.3. The molecule has 0 aromatic heterocycles. The van der Waals surface area contributed by atoms with E-state index in [1.165, 1.54) is 36.2 Å². The molecule has 2 heterocycles. The number of imide groups is 2. The van der Waals surface area contributed by atoms with Crippen LogP contribution in [0.25, 0.3) is 0 Å². The number of amides is 4. The highest BCUT2D eigenvalue weighted by atomic mass is 16.2. The maximum Gasteiger partial charge on any atom is 0.261 e. The second-order valence-electron chi connectivity index (χ2n) is 12.8. The number of hydrogen-bond donors (Lipinski definition) is 0. The van der Waals surface area contributed by atoms with Crippen LogP contribution in [-0.2, 0) is 0 Å². The van der Waals surface area contributed by atoms with Crippen LogP contribution in [0.4, 0.5) is 0 Å². The first-order valence-electron chi connectivity index (χ1n) is 13.9. The molecule has 6 unspecified atom stereocenters. The van der Waals surface area contributed by atoms with Crippen LogP contribution in [0, 0.1) is 35.0 Å². The van der Waals surface area contributed by atoms with E-state index in [4.69, 9.17) is 0 Å². The average Bonchev–Trinajstić information content (AvgIpc) is 3.45. The van der Waals surface area contributed by atoms with Crippen LogP contribution in [0.2, 0.25) is 0 Å². The van der Waals surface area contributed by atoms with Crippen molar-refractivity contribution in [2.24, 2.45) is 35.0 Å². The summed E-state index contributed by atoms with van der Waals surface area (Å²) < 4.78 is 0. The topological polar surface area (TPSA) is 91.8 Å². The maximum atomic E-state index is 13.8. The van der Waals surface area contributed by atoms with E-state index < -0.39 is 11.8 Å². The summed E-state index contributed by atoms with van der Waals surface area (Å²) in [6, 6.07) is 8.88. The van der Waals surface area contributed by atoms with Crippen LogP contribution < -0.4 is 0 Å². The van der Waals surface area contributed by atoms with Gasteiger partial charge in [-0.25, -0.2) is 0 Å². The van der Waals surface area contributed by atoms with E-state index in [1.807, 2.05) is 0 Å². The van der Waals surface area contributed by atoms with Crippen molar-refractivity contribution in [3.63, 3.8) is 0 Å². The van der Waals surface area contributed by atoms with Crippen molar-refractivity contribution in [2.75, 3.05) is 7.05 Å². The van der Waals surface area contributed by atoms with Gasteiger partial charge in [-0.3, -0.25) is 33.8 Å². The quantitative estimate of drug-likeness (QED) is 0.411. The molecule has 0 saturated heterocycles. The summed E-state index contributed by atoms with van der Waals surface area (Å²) in [7, 11) is 1.41. The number of carbonyl (C=O) groups excluding carboxylic acids is 5. The zero-order chi connectivity index (χ0) is 28.1. The predicted octanol–water partition coefficient (Wildman–Crippen LogP) is 5.08. The third-order valence-corrected chi connectivity index (χ3v) is 10.5. The van der Waals surface area contributed by atoms with Gasteiger partial charge in [0.25, 0.3) is 23.6 Å². The fourth-order valence-corrected chi connectivity index (χ4v) is 8.34. The molecule has 6 atom stereocenters. The van der Waals surface area contributed by atoms with E-state index in [9.17, 15) is 24.0 Å². The van der Waals surface area contributed by atoms with Gasteiger partial charge < -0.3 is 0 Å². The van der Waals surface area contributed by atoms with Crippen molar-refractivity contribution in [3.8, 4) is 0 Å². The van der Waals surface area contributed by atoms with Crippen LogP contribution in [0.15, 0.2) is 36.4 Å². The van der Waals surface area contributed by atoms with Crippen molar-refractivity contribution < 1.29 is 24.0 Å². The lowest BCUT2D eigenvalue weighted by Crippen LogP contribution is -2.56. The molecule has 7 nitrogen and oxygen atoms in total. The van der Waals surface area contributed by atoms with Gasteiger partial charge >= 0.3 is 0 Å². The number of nitrogens with zero attached hydrogens (tertiary/aromatic N) is 2. The number of rotatable bonds is 3. The summed E-state index contributed by atoms with van der Waals surface area (Å²) >= 11 is 0. The van der Waals surface area contributed by atoms with Crippen LogP contribution >= 0.6 is 0 Å². The molecule has 4 aliphatic rings. The summed E-state index contributed by atoms with van der Waals surface area (Å²) in [5.74, 6) is -0.0995. The highest BCUT2D eigenvalue weighted by Gasteiger charge is 2.57. The Bertz CT molecular complexity index is 1490. The number of hydrogen-bond acceptors (Lipinski definition) is 5. The number of carbonyl (C=O) groups is 5. The molecule has 2 aliphatic heterocycles. The molecule has 2 aliphatic carbocycles. The number of ketones is 1. The molecule has 2 aromatic carbocycles. The summed E-state index contributed by atoms with van der Waals surface area (Å²) in [4.78, 5) is 68.0. The lowest BCUT2D eigenvalue weighted by molar-refractivity contribution is -0.0310. The Labute approximate surface area is 228 Å². The molecule has 202 valence electrons. The molecule has 7 heteroatoms. The van der Waals surface area contributed by atoms with Crippen LogP contribution in [0.5, 0.6) is 0 Å². The highest BCUT2D eigenvalue weighted by Crippen LogP contribution is 2.59. The molecular weight excluding hydrogens is 492 g/mol. The van der Waals surface area contributed by atoms with Crippen molar-refractivity contribution in [1.82, 2.24) is 9.80 Å². The summed E-state index contributed by atoms with van der Waals surface area (Å²) in [6.07, 6.45) is 2.27. The fourth-order valence-electron chi connectivity index (χ4n) is 8.34. The summed E-state index contributed by atoms with van der Waals surface area (Å²) in [5.41, 5.74) is 1.79. The second kappa shape index (κ2) is 8.44. The van der Waals surface area contributed by atoms with Gasteiger partial charge in [-0.15, -0.1) is 0 Å². The molecular formula is C32H34N2O5. The van der Waals surface area contributed by atoms with Crippen molar-refractivity contribution >= 4 is 29.4 Å². The molecule has 0 N–H and O–H groups in total. The van der Waals surface area contributed by atoms with Gasteiger partial charge in [-0.05, 0) is 72.1 Å². The van der Waals surface area contributed by atoms with E-state index in [0.29, 0.717) is 23.3 Å². The normalized spacial score (nSPS) is 31.0. The van der Waals surface area contributed by atoms with E-state index in [1.54, 1.807) is 12.1 Å². The maximum absolute atomic E-state index is 13.8. The van der Waals surface area contributed by atoms with Crippen molar-refractivity contribution in [3.05, 3.63) is 69.8 Å². The summed E-state index contributed by atoms with van der Waals surface area (Å²) in [5, 5.41) is 0. The van der Waals surface area contributed by atoms with Gasteiger partial charge in [0.2, 0.25) is 0 Å². The molecule has 6 rings (SSSR count). The van der Waals surface area contributed by atoms with E-state index in [2.05, 4.69) is 34.6 Å². The van der Waals surface area contributed by atoms with E-state index in [0.717, 1.165) is 17.7 Å². The first-order chi connectivity index (χ1) is 18.3. The standard InChI is InChI=1S/C32H34N2O5/c1-15-16(2)26(17(3)20-11-12-32(4,5)25(15)20)34-30(38)22-10-8-19(14-24(22)31(34)39)27(35)18-7-9-21-23(13-18)29(37)33(6)28(21)36/h7-10,13-17,20,25-26H,11-12H2,1-6H3. The highest BCUT2D eigenvalue weighted by molar-refractivity contribution is 6.24. The third kappa shape index (κ3) is 3.44. The molecule has 39 heavy (non-hydrogen) atoms. The smallest absolute Gasteiger partial charge is 0.261 e. The number of fused-ring (bicyclic) bond motifs is 3. The predicted molar refractivity (Wildman–Crippen MR) is 145 cm³/mol. The second-order valence-corrected chi connectivity index (χ2v) is 12.8. The van der Waals surface area contributed by atoms with Gasteiger partial charge in [0, 0.05) is 24.2 Å². The first kappa shape index (κ1) is 25.7. The minimum Gasteiger partial charge on any atom is -0.289 e. The minimum absolute atomic E-state index is 0.159. The Morgan fingerprint density at radius 1 is 0.744 bits per heavy atom. The first-order valence-corrected chi connectivity index (χ1v) is 13.9. The third-order valence-electron chi connectivity index (χ3n) is 10.5. The molecule has 2 aromatic rings. The molecule has 0 spiro atoms. The van der Waals surface area contributed by atoms with Crippen LogP contribution in [-0.4, -0.2) is 52.3 Å².